The monoisotopic (exact) mass is 356 g/mol. The van der Waals surface area contributed by atoms with Gasteiger partial charge >= 0.3 is 0 Å². The Labute approximate surface area is 154 Å². The van der Waals surface area contributed by atoms with Crippen molar-refractivity contribution >= 4 is 23.0 Å². The number of nitrogens with one attached hydrogen (secondary N) is 1. The maximum absolute atomic E-state index is 12.0. The second kappa shape index (κ2) is 7.66. The van der Waals surface area contributed by atoms with E-state index in [-0.39, 0.29) is 5.91 Å². The van der Waals surface area contributed by atoms with E-state index >= 15 is 0 Å². The number of aromatic nitrogens is 1. The molecule has 0 bridgehead atoms. The predicted molar refractivity (Wildman–Crippen MR) is 103 cm³/mol. The van der Waals surface area contributed by atoms with Crippen LogP contribution in [0.3, 0.4) is 0 Å². The molecule has 0 atom stereocenters. The first-order valence-corrected chi connectivity index (χ1v) is 9.92. The van der Waals surface area contributed by atoms with Gasteiger partial charge in [-0.05, 0) is 63.9 Å². The molecule has 1 aromatic carbocycles. The van der Waals surface area contributed by atoms with Gasteiger partial charge < -0.3 is 19.5 Å². The zero-order valence-corrected chi connectivity index (χ0v) is 15.5. The smallest absolute Gasteiger partial charge is 0.298 e. The number of benzene rings is 1. The van der Waals surface area contributed by atoms with Crippen LogP contribution in [0.5, 0.6) is 0 Å². The van der Waals surface area contributed by atoms with Gasteiger partial charge in [-0.3, -0.25) is 4.79 Å². The van der Waals surface area contributed by atoms with E-state index in [0.717, 1.165) is 24.2 Å². The summed E-state index contributed by atoms with van der Waals surface area (Å²) in [6.07, 6.45) is 6.42. The number of nitrogens with zero attached hydrogens (tertiary/aromatic N) is 3. The minimum atomic E-state index is -0.0682. The summed E-state index contributed by atoms with van der Waals surface area (Å²) in [5, 5.41) is 2.82. The lowest BCUT2D eigenvalue weighted by Gasteiger charge is -2.39. The minimum absolute atomic E-state index is 0.0682. The van der Waals surface area contributed by atoms with Gasteiger partial charge in [0, 0.05) is 31.2 Å². The first-order chi connectivity index (χ1) is 12.7. The third-order valence-corrected chi connectivity index (χ3v) is 5.62. The molecular formula is C20H28N4O2. The topological polar surface area (TPSA) is 61.6 Å². The summed E-state index contributed by atoms with van der Waals surface area (Å²) < 4.78 is 5.95. The van der Waals surface area contributed by atoms with Crippen LogP contribution in [0.15, 0.2) is 22.6 Å². The number of hydrogen-bond acceptors (Lipinski definition) is 5. The molecule has 4 rings (SSSR count). The summed E-state index contributed by atoms with van der Waals surface area (Å²) in [7, 11) is 0. The van der Waals surface area contributed by atoms with Crippen LogP contribution in [0.4, 0.5) is 6.01 Å². The van der Waals surface area contributed by atoms with Crippen LogP contribution in [0.1, 0.15) is 49.4 Å². The van der Waals surface area contributed by atoms with E-state index in [1.54, 1.807) is 6.07 Å². The van der Waals surface area contributed by atoms with E-state index in [0.29, 0.717) is 24.2 Å². The molecule has 2 fully saturated rings. The Morgan fingerprint density at radius 3 is 2.69 bits per heavy atom. The molecule has 1 aromatic heterocycles. The van der Waals surface area contributed by atoms with Crippen molar-refractivity contribution in [1.82, 2.24) is 15.2 Å². The largest absolute Gasteiger partial charge is 0.423 e. The van der Waals surface area contributed by atoms with Crippen molar-refractivity contribution in [2.45, 2.75) is 45.1 Å². The second-order valence-corrected chi connectivity index (χ2v) is 7.35. The van der Waals surface area contributed by atoms with Crippen molar-refractivity contribution < 1.29 is 9.21 Å². The third-order valence-electron chi connectivity index (χ3n) is 5.62. The average Bonchev–Trinajstić information content (AvgIpc) is 3.12. The molecule has 2 aliphatic heterocycles. The maximum Gasteiger partial charge on any atom is 0.298 e. The van der Waals surface area contributed by atoms with Crippen molar-refractivity contribution in [3.05, 3.63) is 23.8 Å². The summed E-state index contributed by atoms with van der Waals surface area (Å²) in [5.41, 5.74) is 2.12. The molecule has 3 heterocycles. The van der Waals surface area contributed by atoms with Gasteiger partial charge in [-0.1, -0.05) is 6.42 Å². The van der Waals surface area contributed by atoms with Gasteiger partial charge in [0.25, 0.3) is 11.9 Å². The third kappa shape index (κ3) is 3.56. The number of piperidine rings is 2. The van der Waals surface area contributed by atoms with Gasteiger partial charge in [0.05, 0.1) is 0 Å². The lowest BCUT2D eigenvalue weighted by molar-refractivity contribution is 0.0956. The van der Waals surface area contributed by atoms with Crippen LogP contribution >= 0.6 is 0 Å². The number of likely N-dealkylation sites (tertiary alicyclic amines) is 1. The molecule has 0 unspecified atom stereocenters. The zero-order chi connectivity index (χ0) is 17.9. The molecule has 1 amide bonds. The lowest BCUT2D eigenvalue weighted by atomic mass is 10.0. The van der Waals surface area contributed by atoms with Crippen molar-refractivity contribution in [2.24, 2.45) is 0 Å². The number of anilines is 1. The molecular weight excluding hydrogens is 328 g/mol. The van der Waals surface area contributed by atoms with Gasteiger partial charge in [0.1, 0.15) is 5.52 Å². The Hall–Kier alpha value is -2.08. The Bertz CT molecular complexity index is 758. The second-order valence-electron chi connectivity index (χ2n) is 7.35. The van der Waals surface area contributed by atoms with Crippen LogP contribution < -0.4 is 10.2 Å². The summed E-state index contributed by atoms with van der Waals surface area (Å²) in [6.45, 7) is 7.02. The van der Waals surface area contributed by atoms with Gasteiger partial charge in [-0.25, -0.2) is 0 Å². The summed E-state index contributed by atoms with van der Waals surface area (Å²) in [4.78, 5) is 21.6. The van der Waals surface area contributed by atoms with Crippen molar-refractivity contribution in [2.75, 3.05) is 37.6 Å². The van der Waals surface area contributed by atoms with Crippen LogP contribution in [-0.4, -0.2) is 54.6 Å². The molecule has 0 radical (unpaired) electrons. The highest BCUT2D eigenvalue weighted by atomic mass is 16.4. The first-order valence-electron chi connectivity index (χ1n) is 9.92. The average molecular weight is 356 g/mol. The Kier molecular flexibility index (Phi) is 5.11. The van der Waals surface area contributed by atoms with Crippen LogP contribution in [0.25, 0.3) is 11.1 Å². The number of amides is 1. The number of fused-ring (bicyclic) bond motifs is 1. The van der Waals surface area contributed by atoms with Crippen molar-refractivity contribution in [3.8, 4) is 0 Å². The van der Waals surface area contributed by atoms with E-state index in [9.17, 15) is 4.79 Å². The molecule has 0 saturated carbocycles. The van der Waals surface area contributed by atoms with Crippen LogP contribution in [-0.2, 0) is 0 Å². The molecule has 0 aliphatic carbocycles. The molecule has 2 aromatic rings. The lowest BCUT2D eigenvalue weighted by Crippen LogP contribution is -2.46. The number of carbonyl (C=O) groups is 1. The van der Waals surface area contributed by atoms with E-state index in [4.69, 9.17) is 4.42 Å². The molecule has 1 N–H and O–H groups in total. The van der Waals surface area contributed by atoms with Gasteiger partial charge in [0.2, 0.25) is 0 Å². The molecule has 140 valence electrons. The van der Waals surface area contributed by atoms with E-state index in [1.165, 1.54) is 45.2 Å². The zero-order valence-electron chi connectivity index (χ0n) is 15.5. The Morgan fingerprint density at radius 1 is 1.19 bits per heavy atom. The normalized spacial score (nSPS) is 19.8. The van der Waals surface area contributed by atoms with Crippen LogP contribution in [0, 0.1) is 0 Å². The van der Waals surface area contributed by atoms with E-state index in [1.807, 2.05) is 19.1 Å². The Morgan fingerprint density at radius 2 is 1.96 bits per heavy atom. The fraction of sp³-hybridized carbons (Fsp3) is 0.600. The van der Waals surface area contributed by atoms with E-state index in [2.05, 4.69) is 20.1 Å². The molecule has 2 aliphatic rings. The maximum atomic E-state index is 12.0. The van der Waals surface area contributed by atoms with Crippen LogP contribution in [0.2, 0.25) is 0 Å². The number of carbonyl (C=O) groups excluding carboxylic acids is 1. The van der Waals surface area contributed by atoms with E-state index < -0.39 is 0 Å². The number of hydrogen-bond donors (Lipinski definition) is 1. The van der Waals surface area contributed by atoms with Gasteiger partial charge in [0.15, 0.2) is 5.58 Å². The van der Waals surface area contributed by atoms with Crippen molar-refractivity contribution in [3.63, 3.8) is 0 Å². The predicted octanol–water partition coefficient (Wildman–Crippen LogP) is 3.03. The van der Waals surface area contributed by atoms with Crippen molar-refractivity contribution in [1.29, 1.82) is 0 Å². The quantitative estimate of drug-likeness (QED) is 0.912. The SMILES string of the molecule is CCNC(=O)c1ccc2oc(N3CCC(N4CCCCC4)CC3)nc2c1. The fourth-order valence-electron chi connectivity index (χ4n) is 4.16. The highest BCUT2D eigenvalue weighted by molar-refractivity contribution is 5.97. The highest BCUT2D eigenvalue weighted by Crippen LogP contribution is 2.27. The fourth-order valence-corrected chi connectivity index (χ4v) is 4.16. The Balaban J connectivity index is 1.43. The first kappa shape index (κ1) is 17.3. The molecule has 6 nitrogen and oxygen atoms in total. The van der Waals surface area contributed by atoms with Gasteiger partial charge in [-0.15, -0.1) is 0 Å². The van der Waals surface area contributed by atoms with Gasteiger partial charge in [-0.2, -0.15) is 4.98 Å². The summed E-state index contributed by atoms with van der Waals surface area (Å²) in [6, 6.07) is 6.85. The standard InChI is InChI=1S/C20H28N4O2/c1-2-21-19(25)15-6-7-18-17(14-15)22-20(26-18)24-12-8-16(9-13-24)23-10-4-3-5-11-23/h6-7,14,16H,2-5,8-13H2,1H3,(H,21,25). The molecule has 2 saturated heterocycles. The number of rotatable bonds is 4. The summed E-state index contributed by atoms with van der Waals surface area (Å²) in [5.74, 6) is -0.0682. The highest BCUT2D eigenvalue weighted by Gasteiger charge is 2.27. The molecule has 26 heavy (non-hydrogen) atoms. The molecule has 6 heteroatoms. The molecule has 0 spiro atoms. The number of oxazole rings is 1. The minimum Gasteiger partial charge on any atom is -0.423 e. The summed E-state index contributed by atoms with van der Waals surface area (Å²) >= 11 is 0.